The monoisotopic (exact) mass is 212 g/mol. The van der Waals surface area contributed by atoms with Gasteiger partial charge in [-0.15, -0.1) is 0 Å². The van der Waals surface area contributed by atoms with Crippen LogP contribution in [0.3, 0.4) is 0 Å². The van der Waals surface area contributed by atoms with Gasteiger partial charge in [0.1, 0.15) is 0 Å². The third-order valence-corrected chi connectivity index (χ3v) is 1.40. The number of ether oxygens (including phenoxy) is 1. The number of hydrogen-bond donors (Lipinski definition) is 1. The Balaban J connectivity index is 3.34. The van der Waals surface area contributed by atoms with Gasteiger partial charge in [0.15, 0.2) is 0 Å². The van der Waals surface area contributed by atoms with Crippen molar-refractivity contribution < 1.29 is 29.9 Å². The van der Waals surface area contributed by atoms with Crippen molar-refractivity contribution in [1.29, 1.82) is 0 Å². The lowest BCUT2D eigenvalue weighted by Crippen LogP contribution is -2.07. The summed E-state index contributed by atoms with van der Waals surface area (Å²) >= 11 is 0. The van der Waals surface area contributed by atoms with Crippen molar-refractivity contribution in [3.8, 4) is 5.88 Å². The molecule has 0 aromatic carbocycles. The van der Waals surface area contributed by atoms with E-state index in [9.17, 15) is 13.2 Å². The summed E-state index contributed by atoms with van der Waals surface area (Å²) < 4.78 is 75.9. The lowest BCUT2D eigenvalue weighted by molar-refractivity contribution is -0.137. The van der Waals surface area contributed by atoms with Crippen LogP contribution in [0.25, 0.3) is 0 Å². The molecule has 1 N–H and O–H groups in total. The zero-order valence-electron chi connectivity index (χ0n) is 11.6. The summed E-state index contributed by atoms with van der Waals surface area (Å²) in [6.45, 7) is -3.23. The average molecular weight is 212 g/mol. The van der Waals surface area contributed by atoms with E-state index in [0.29, 0.717) is 0 Å². The second-order valence-electron chi connectivity index (χ2n) is 2.29. The van der Waals surface area contributed by atoms with Crippen LogP contribution in [0.15, 0.2) is 12.3 Å². The Morgan fingerprint density at radius 3 is 2.93 bits per heavy atom. The molecule has 1 rings (SSSR count). The number of nitrogens with zero attached hydrogens (tertiary/aromatic N) is 1. The second-order valence-corrected chi connectivity index (χ2v) is 2.29. The summed E-state index contributed by atoms with van der Waals surface area (Å²) in [5, 5.41) is 9.12. The van der Waals surface area contributed by atoms with Gasteiger partial charge in [-0.05, 0) is 6.07 Å². The first-order chi connectivity index (χ1) is 8.31. The molecule has 0 aliphatic carbocycles. The number of aromatic nitrogens is 1. The minimum absolute atomic E-state index is 0.244. The zero-order chi connectivity index (χ0) is 15.1. The number of aliphatic hydroxyl groups is 1. The topological polar surface area (TPSA) is 42.4 Å². The van der Waals surface area contributed by atoms with E-state index in [1.54, 1.807) is 0 Å². The lowest BCUT2D eigenvalue weighted by Gasteiger charge is -2.09. The van der Waals surface area contributed by atoms with Gasteiger partial charge in [0.2, 0.25) is 5.88 Å². The van der Waals surface area contributed by atoms with E-state index < -0.39 is 36.8 Å². The number of methoxy groups -OCH3 is 1. The predicted octanol–water partition coefficient (Wildman–Crippen LogP) is 1.60. The Bertz CT molecular complexity index is 469. The Morgan fingerprint density at radius 1 is 1.71 bits per heavy atom. The molecule has 0 amide bonds. The first kappa shape index (κ1) is 5.55. The van der Waals surface area contributed by atoms with Crippen LogP contribution in [0.1, 0.15) is 18.0 Å². The molecular weight excluding hydrogens is 199 g/mol. The van der Waals surface area contributed by atoms with Crippen molar-refractivity contribution in [3.05, 3.63) is 23.4 Å². The van der Waals surface area contributed by atoms with Crippen molar-refractivity contribution in [2.75, 3.05) is 7.04 Å². The summed E-state index contributed by atoms with van der Waals surface area (Å²) in [7, 11) is -3.03. The Hall–Kier alpha value is -1.30. The molecule has 6 heteroatoms. The fourth-order valence-electron chi connectivity index (χ4n) is 0.769. The van der Waals surface area contributed by atoms with Crippen molar-refractivity contribution in [2.45, 2.75) is 12.7 Å². The molecule has 0 saturated heterocycles. The van der Waals surface area contributed by atoms with Gasteiger partial charge in [0.05, 0.1) is 26.0 Å². The molecule has 0 atom stereocenters. The molecule has 78 valence electrons. The molecule has 0 radical (unpaired) electrons. The molecule has 1 aromatic heterocycles. The van der Waals surface area contributed by atoms with Crippen molar-refractivity contribution >= 4 is 0 Å². The Morgan fingerprint density at radius 2 is 2.43 bits per heavy atom. The van der Waals surface area contributed by atoms with Crippen LogP contribution in [-0.4, -0.2) is 17.1 Å². The van der Waals surface area contributed by atoms with Crippen LogP contribution in [0.4, 0.5) is 13.2 Å². The maximum absolute atomic E-state index is 12.4. The molecule has 0 fully saturated rings. The second kappa shape index (κ2) is 3.83. The zero-order valence-corrected chi connectivity index (χ0v) is 6.59. The van der Waals surface area contributed by atoms with Crippen LogP contribution in [0.5, 0.6) is 5.88 Å². The van der Waals surface area contributed by atoms with Crippen LogP contribution in [0.2, 0.25) is 0 Å². The van der Waals surface area contributed by atoms with Gasteiger partial charge in [-0.3, -0.25) is 0 Å². The highest BCUT2D eigenvalue weighted by atomic mass is 19.4. The molecule has 3 nitrogen and oxygen atoms in total. The van der Waals surface area contributed by atoms with E-state index in [4.69, 9.17) is 12.0 Å². The van der Waals surface area contributed by atoms with E-state index >= 15 is 0 Å². The lowest BCUT2D eigenvalue weighted by atomic mass is 10.2. The maximum Gasteiger partial charge on any atom is 0.417 e. The average Bonchev–Trinajstić information content (AvgIpc) is 2.11. The van der Waals surface area contributed by atoms with E-state index in [0.717, 1.165) is 0 Å². The highest BCUT2D eigenvalue weighted by molar-refractivity contribution is 5.30. The van der Waals surface area contributed by atoms with Gasteiger partial charge in [0, 0.05) is 11.8 Å². The maximum atomic E-state index is 12.4. The van der Waals surface area contributed by atoms with Crippen LogP contribution in [0, 0.1) is 0 Å². The van der Waals surface area contributed by atoms with E-state index in [1.165, 1.54) is 0 Å². The number of halogens is 3. The molecule has 0 bridgehead atoms. The van der Waals surface area contributed by atoms with Gasteiger partial charge in [-0.1, -0.05) is 0 Å². The van der Waals surface area contributed by atoms with Gasteiger partial charge in [-0.2, -0.15) is 13.2 Å². The Kier molecular flexibility index (Phi) is 1.52. The largest absolute Gasteiger partial charge is 0.481 e. The first-order valence-electron chi connectivity index (χ1n) is 5.80. The molecule has 0 saturated carbocycles. The third kappa shape index (κ3) is 2.14. The first-order valence-corrected chi connectivity index (χ1v) is 3.30. The molecular formula is C8H8F3NO2. The van der Waals surface area contributed by atoms with Gasteiger partial charge < -0.3 is 9.84 Å². The summed E-state index contributed by atoms with van der Waals surface area (Å²) in [6.07, 6.45) is -4.53. The molecule has 1 heterocycles. The highest BCUT2D eigenvalue weighted by Gasteiger charge is 2.31. The van der Waals surface area contributed by atoms with E-state index in [2.05, 4.69) is 9.72 Å². The molecule has 0 aliphatic rings. The van der Waals surface area contributed by atoms with Crippen LogP contribution >= 0.6 is 0 Å². The minimum atomic E-state index is -4.81. The minimum Gasteiger partial charge on any atom is -0.481 e. The fraction of sp³-hybridized carbons (Fsp3) is 0.375. The molecule has 0 spiro atoms. The van der Waals surface area contributed by atoms with Crippen LogP contribution in [-0.2, 0) is 12.7 Å². The standard InChI is InChI=1S/C8H8F3NO2/c1-14-7-5(4-13)2-6(3-12-7)8(9,10)11/h2-3,13H,4H2,1H3/i1D3,4D2. The van der Waals surface area contributed by atoms with Crippen molar-refractivity contribution in [1.82, 2.24) is 4.98 Å². The smallest absolute Gasteiger partial charge is 0.417 e. The number of rotatable bonds is 2. The molecule has 0 unspecified atom stereocenters. The SMILES string of the molecule is [2H]C([2H])([2H])Oc1ncc(C(F)(F)F)cc1C([2H])([2H])O. The molecule has 1 aromatic rings. The quantitative estimate of drug-likeness (QED) is 0.809. The van der Waals surface area contributed by atoms with Gasteiger partial charge in [0.25, 0.3) is 0 Å². The van der Waals surface area contributed by atoms with Crippen LogP contribution < -0.4 is 4.74 Å². The number of pyridine rings is 1. The van der Waals surface area contributed by atoms with Crippen molar-refractivity contribution in [3.63, 3.8) is 0 Å². The summed E-state index contributed by atoms with van der Waals surface area (Å²) in [5.41, 5.74) is -2.35. The summed E-state index contributed by atoms with van der Waals surface area (Å²) in [5.74, 6) is -0.930. The highest BCUT2D eigenvalue weighted by Crippen LogP contribution is 2.30. The van der Waals surface area contributed by atoms with E-state index in [1.807, 2.05) is 0 Å². The van der Waals surface area contributed by atoms with Gasteiger partial charge in [-0.25, -0.2) is 4.98 Å². The molecule has 0 aliphatic heterocycles. The molecule has 14 heavy (non-hydrogen) atoms. The Labute approximate surface area is 85.2 Å². The number of alkyl halides is 3. The fourth-order valence-corrected chi connectivity index (χ4v) is 0.769. The number of hydrogen-bond acceptors (Lipinski definition) is 3. The third-order valence-electron chi connectivity index (χ3n) is 1.40. The normalized spacial score (nSPS) is 18.7. The predicted molar refractivity (Wildman–Crippen MR) is 41.7 cm³/mol. The van der Waals surface area contributed by atoms with Gasteiger partial charge >= 0.3 is 6.18 Å². The van der Waals surface area contributed by atoms with E-state index in [-0.39, 0.29) is 12.3 Å². The van der Waals surface area contributed by atoms with Crippen molar-refractivity contribution in [2.24, 2.45) is 0 Å². The summed E-state index contributed by atoms with van der Waals surface area (Å²) in [6, 6.07) is 0.244. The summed E-state index contributed by atoms with van der Waals surface area (Å²) in [4.78, 5) is 3.09.